The molecule has 2 aliphatic heterocycles. The molecular formula is C30H41N7O3. The van der Waals surface area contributed by atoms with Crippen LogP contribution in [0.2, 0.25) is 0 Å². The number of hydrogen-bond acceptors (Lipinski definition) is 6. The number of carbonyl (C=O) groups is 2. The highest BCUT2D eigenvalue weighted by molar-refractivity contribution is 6.04. The summed E-state index contributed by atoms with van der Waals surface area (Å²) in [6.45, 7) is 19.4. The molecule has 214 valence electrons. The van der Waals surface area contributed by atoms with Crippen LogP contribution in [-0.4, -0.2) is 87.9 Å². The number of pyridine rings is 2. The van der Waals surface area contributed by atoms with Crippen molar-refractivity contribution in [3.8, 4) is 0 Å². The number of piperazine rings is 1. The zero-order valence-electron chi connectivity index (χ0n) is 24.2. The van der Waals surface area contributed by atoms with Gasteiger partial charge in [0.05, 0.1) is 16.8 Å². The number of nitrogens with zero attached hydrogens (tertiary/aromatic N) is 6. The first-order chi connectivity index (χ1) is 19.3. The summed E-state index contributed by atoms with van der Waals surface area (Å²) in [6.07, 6.45) is 5.75. The molecule has 2 aliphatic rings. The molecular weight excluding hydrogens is 506 g/mol. The molecule has 2 fully saturated rings. The zero-order valence-corrected chi connectivity index (χ0v) is 24.2. The summed E-state index contributed by atoms with van der Waals surface area (Å²) in [5, 5.41) is 3.34. The Morgan fingerprint density at radius 3 is 2.25 bits per heavy atom. The van der Waals surface area contributed by atoms with E-state index in [-0.39, 0.29) is 16.9 Å². The average Bonchev–Trinajstić information content (AvgIpc) is 3.59. The van der Waals surface area contributed by atoms with Crippen LogP contribution in [0.4, 0.5) is 5.82 Å². The number of carbonyl (C=O) groups excluding carboxylic acids is 2. The van der Waals surface area contributed by atoms with Gasteiger partial charge in [0.2, 0.25) is 11.3 Å². The van der Waals surface area contributed by atoms with Crippen LogP contribution >= 0.6 is 0 Å². The number of anilines is 1. The van der Waals surface area contributed by atoms with E-state index in [1.54, 1.807) is 29.7 Å². The minimum atomic E-state index is -0.398. The first kappa shape index (κ1) is 29.1. The summed E-state index contributed by atoms with van der Waals surface area (Å²) in [4.78, 5) is 50.2. The van der Waals surface area contributed by atoms with E-state index in [2.05, 4.69) is 28.3 Å². The van der Waals surface area contributed by atoms with Crippen molar-refractivity contribution in [2.75, 3.05) is 57.3 Å². The molecule has 3 aromatic heterocycles. The zero-order chi connectivity index (χ0) is 29.0. The van der Waals surface area contributed by atoms with Gasteiger partial charge in [0.15, 0.2) is 5.65 Å². The molecule has 0 aliphatic carbocycles. The number of aromatic nitrogens is 3. The summed E-state index contributed by atoms with van der Waals surface area (Å²) in [5.41, 5.74) is 2.09. The van der Waals surface area contributed by atoms with Crippen LogP contribution in [0.5, 0.6) is 0 Å². The van der Waals surface area contributed by atoms with Crippen molar-refractivity contribution >= 4 is 46.5 Å². The van der Waals surface area contributed by atoms with Crippen LogP contribution in [-0.2, 0) is 11.8 Å². The summed E-state index contributed by atoms with van der Waals surface area (Å²) in [6, 6.07) is 3.57. The third-order valence-corrected chi connectivity index (χ3v) is 7.74. The minimum absolute atomic E-state index is 0.0625. The molecule has 0 radical (unpaired) electrons. The minimum Gasteiger partial charge on any atom is -0.353 e. The predicted octanol–water partition coefficient (Wildman–Crippen LogP) is 2.99. The SMILES string of the molecule is C=Cc1c(C=C)n2c3nc(N4CCN(C(C)=O)CC4)ccc3c(=O)c(C(=O)NCCN3CCCC3)c2n1C.CC. The van der Waals surface area contributed by atoms with Gasteiger partial charge in [0.25, 0.3) is 5.91 Å². The highest BCUT2D eigenvalue weighted by Crippen LogP contribution is 2.26. The van der Waals surface area contributed by atoms with E-state index in [1.807, 2.05) is 36.3 Å². The molecule has 2 amide bonds. The Morgan fingerprint density at radius 1 is 1.00 bits per heavy atom. The summed E-state index contributed by atoms with van der Waals surface area (Å²) in [7, 11) is 1.82. The summed E-state index contributed by atoms with van der Waals surface area (Å²) >= 11 is 0. The maximum atomic E-state index is 13.8. The standard InChI is InChI=1S/C28H35N7O3.C2H6/c1-5-21-22(6-2)35-26-20(9-10-23(30-26)34-17-15-33(16-18-34)19(3)36)25(37)24(28(35)31(21)4)27(38)29-11-14-32-12-7-8-13-32;1-2/h5-6,9-10H,1-2,7-8,11-18H2,3-4H3,(H,29,38);1-2H3. The summed E-state index contributed by atoms with van der Waals surface area (Å²) in [5.74, 6) is 0.382. The summed E-state index contributed by atoms with van der Waals surface area (Å²) < 4.78 is 3.64. The normalized spacial score (nSPS) is 15.7. The van der Waals surface area contributed by atoms with Crippen molar-refractivity contribution in [1.29, 1.82) is 0 Å². The molecule has 5 rings (SSSR count). The van der Waals surface area contributed by atoms with Gasteiger partial charge in [-0.2, -0.15) is 0 Å². The van der Waals surface area contributed by atoms with Gasteiger partial charge in [-0.25, -0.2) is 4.98 Å². The molecule has 2 saturated heterocycles. The van der Waals surface area contributed by atoms with Crippen LogP contribution in [0.15, 0.2) is 30.1 Å². The largest absolute Gasteiger partial charge is 0.353 e. The van der Waals surface area contributed by atoms with Crippen LogP contribution in [0, 0.1) is 0 Å². The molecule has 40 heavy (non-hydrogen) atoms. The van der Waals surface area contributed by atoms with Gasteiger partial charge in [0.1, 0.15) is 17.0 Å². The second-order valence-corrected chi connectivity index (χ2v) is 9.94. The second kappa shape index (κ2) is 12.5. The molecule has 0 unspecified atom stereocenters. The van der Waals surface area contributed by atoms with Crippen LogP contribution in [0.25, 0.3) is 28.8 Å². The lowest BCUT2D eigenvalue weighted by Crippen LogP contribution is -2.48. The Hall–Kier alpha value is -3.92. The van der Waals surface area contributed by atoms with Gasteiger partial charge in [-0.15, -0.1) is 0 Å². The van der Waals surface area contributed by atoms with Crippen molar-refractivity contribution in [2.45, 2.75) is 33.6 Å². The van der Waals surface area contributed by atoms with Crippen molar-refractivity contribution in [2.24, 2.45) is 7.05 Å². The molecule has 0 saturated carbocycles. The van der Waals surface area contributed by atoms with E-state index in [1.165, 1.54) is 12.8 Å². The number of nitrogens with one attached hydrogen (secondary N) is 1. The van der Waals surface area contributed by atoms with Gasteiger partial charge in [-0.05, 0) is 50.2 Å². The number of amides is 2. The lowest BCUT2D eigenvalue weighted by Gasteiger charge is -2.35. The Balaban J connectivity index is 0.00000181. The van der Waals surface area contributed by atoms with Gasteiger partial charge in [0, 0.05) is 53.2 Å². The molecule has 5 heterocycles. The molecule has 0 aromatic carbocycles. The fourth-order valence-corrected chi connectivity index (χ4v) is 5.67. The quantitative estimate of drug-likeness (QED) is 0.489. The Labute approximate surface area is 235 Å². The van der Waals surface area contributed by atoms with Gasteiger partial charge >= 0.3 is 0 Å². The number of imidazole rings is 1. The smallest absolute Gasteiger partial charge is 0.259 e. The molecule has 0 spiro atoms. The van der Waals surface area contributed by atoms with Crippen LogP contribution in [0.3, 0.4) is 0 Å². The molecule has 3 aromatic rings. The third kappa shape index (κ3) is 5.28. The number of likely N-dealkylation sites (tertiary alicyclic amines) is 1. The van der Waals surface area contributed by atoms with E-state index in [4.69, 9.17) is 4.98 Å². The van der Waals surface area contributed by atoms with E-state index in [0.29, 0.717) is 55.1 Å². The first-order valence-corrected chi connectivity index (χ1v) is 14.2. The monoisotopic (exact) mass is 547 g/mol. The van der Waals surface area contributed by atoms with Gasteiger partial charge in [-0.1, -0.05) is 27.0 Å². The Morgan fingerprint density at radius 2 is 1.65 bits per heavy atom. The van der Waals surface area contributed by atoms with Crippen LogP contribution in [0.1, 0.15) is 55.4 Å². The van der Waals surface area contributed by atoms with Crippen molar-refractivity contribution in [1.82, 2.24) is 29.1 Å². The molecule has 0 atom stereocenters. The number of aryl methyl sites for hydroxylation is 1. The lowest BCUT2D eigenvalue weighted by molar-refractivity contribution is -0.129. The van der Waals surface area contributed by atoms with Crippen molar-refractivity contribution < 1.29 is 9.59 Å². The maximum absolute atomic E-state index is 13.8. The fourth-order valence-electron chi connectivity index (χ4n) is 5.67. The van der Waals surface area contributed by atoms with Crippen molar-refractivity contribution in [3.05, 3.63) is 52.5 Å². The molecule has 0 bridgehead atoms. The molecule has 1 N–H and O–H groups in total. The Bertz CT molecular complexity index is 1490. The highest BCUT2D eigenvalue weighted by Gasteiger charge is 2.27. The highest BCUT2D eigenvalue weighted by atomic mass is 16.2. The molecule has 10 nitrogen and oxygen atoms in total. The fraction of sp³-hybridized carbons (Fsp3) is 0.467. The third-order valence-electron chi connectivity index (χ3n) is 7.74. The lowest BCUT2D eigenvalue weighted by atomic mass is 10.1. The number of hydrogen-bond donors (Lipinski definition) is 1. The van der Waals surface area contributed by atoms with Gasteiger partial charge < -0.3 is 24.6 Å². The molecule has 10 heteroatoms. The van der Waals surface area contributed by atoms with E-state index < -0.39 is 5.91 Å². The van der Waals surface area contributed by atoms with E-state index in [9.17, 15) is 14.4 Å². The second-order valence-electron chi connectivity index (χ2n) is 9.94. The Kier molecular flexibility index (Phi) is 9.09. The topological polar surface area (TPSA) is 95.2 Å². The number of rotatable bonds is 7. The average molecular weight is 548 g/mol. The maximum Gasteiger partial charge on any atom is 0.259 e. The van der Waals surface area contributed by atoms with E-state index >= 15 is 0 Å². The predicted molar refractivity (Wildman–Crippen MR) is 162 cm³/mol. The van der Waals surface area contributed by atoms with Gasteiger partial charge in [-0.3, -0.25) is 18.8 Å². The van der Waals surface area contributed by atoms with Crippen LogP contribution < -0.4 is 15.6 Å². The van der Waals surface area contributed by atoms with E-state index in [0.717, 1.165) is 31.1 Å². The number of fused-ring (bicyclic) bond motifs is 3. The van der Waals surface area contributed by atoms with Crippen molar-refractivity contribution in [3.63, 3.8) is 0 Å². The first-order valence-electron chi connectivity index (χ1n) is 14.2.